The van der Waals surface area contributed by atoms with Crippen molar-refractivity contribution >= 4 is 34.5 Å². The van der Waals surface area contributed by atoms with Crippen LogP contribution < -0.4 is 10.6 Å². The summed E-state index contributed by atoms with van der Waals surface area (Å²) in [6, 6.07) is 9.55. The SMILES string of the molecule is O=C(Nc1ccc2c(c1)CNCC2)c1ccc(Cl)s1. The maximum atomic E-state index is 12.0. The van der Waals surface area contributed by atoms with Gasteiger partial charge in [0.05, 0.1) is 9.21 Å². The van der Waals surface area contributed by atoms with Crippen LogP contribution in [-0.4, -0.2) is 12.5 Å². The number of halogens is 1. The monoisotopic (exact) mass is 292 g/mol. The van der Waals surface area contributed by atoms with Gasteiger partial charge in [-0.1, -0.05) is 17.7 Å². The Morgan fingerprint density at radius 2 is 2.16 bits per heavy atom. The van der Waals surface area contributed by atoms with Crippen LogP contribution in [0.1, 0.15) is 20.8 Å². The first-order valence-corrected chi connectivity index (χ1v) is 7.31. The molecule has 1 aliphatic rings. The van der Waals surface area contributed by atoms with E-state index in [2.05, 4.69) is 16.7 Å². The first kappa shape index (κ1) is 12.7. The van der Waals surface area contributed by atoms with Crippen LogP contribution in [0.4, 0.5) is 5.69 Å². The summed E-state index contributed by atoms with van der Waals surface area (Å²) >= 11 is 7.12. The molecular formula is C14H13ClN2OS. The Bertz CT molecular complexity index is 624. The van der Waals surface area contributed by atoms with Crippen molar-refractivity contribution in [1.82, 2.24) is 5.32 Å². The molecule has 0 bridgehead atoms. The van der Waals surface area contributed by atoms with Gasteiger partial charge in [0.25, 0.3) is 5.91 Å². The lowest BCUT2D eigenvalue weighted by Gasteiger charge is -2.18. The molecule has 0 spiro atoms. The Kier molecular flexibility index (Phi) is 3.55. The van der Waals surface area contributed by atoms with Crippen molar-refractivity contribution in [2.45, 2.75) is 13.0 Å². The van der Waals surface area contributed by atoms with E-state index in [1.54, 1.807) is 12.1 Å². The molecule has 0 saturated heterocycles. The standard InChI is InChI=1S/C14H13ClN2OS/c15-13-4-3-12(19-13)14(18)17-11-2-1-9-5-6-16-8-10(9)7-11/h1-4,7,16H,5-6,8H2,(H,17,18). The van der Waals surface area contributed by atoms with Crippen molar-refractivity contribution in [3.8, 4) is 0 Å². The number of carbonyl (C=O) groups excluding carboxylic acids is 1. The summed E-state index contributed by atoms with van der Waals surface area (Å²) in [6.07, 6.45) is 1.05. The fraction of sp³-hybridized carbons (Fsp3) is 0.214. The highest BCUT2D eigenvalue weighted by molar-refractivity contribution is 7.18. The van der Waals surface area contributed by atoms with Gasteiger partial charge in [-0.25, -0.2) is 0 Å². The molecule has 2 heterocycles. The Morgan fingerprint density at radius 1 is 1.26 bits per heavy atom. The molecule has 2 N–H and O–H groups in total. The summed E-state index contributed by atoms with van der Waals surface area (Å²) < 4.78 is 0.625. The smallest absolute Gasteiger partial charge is 0.265 e. The number of hydrogen-bond acceptors (Lipinski definition) is 3. The zero-order chi connectivity index (χ0) is 13.2. The van der Waals surface area contributed by atoms with Gasteiger partial charge in [-0.3, -0.25) is 4.79 Å². The molecule has 1 amide bonds. The molecule has 1 aromatic heterocycles. The van der Waals surface area contributed by atoms with Crippen LogP contribution in [0.15, 0.2) is 30.3 Å². The van der Waals surface area contributed by atoms with Crippen molar-refractivity contribution in [2.75, 3.05) is 11.9 Å². The lowest BCUT2D eigenvalue weighted by atomic mass is 10.0. The summed E-state index contributed by atoms with van der Waals surface area (Å²) in [5.74, 6) is -0.111. The van der Waals surface area contributed by atoms with E-state index < -0.39 is 0 Å². The second-order valence-electron chi connectivity index (χ2n) is 4.47. The Labute approximate surface area is 120 Å². The molecule has 1 aromatic carbocycles. The molecule has 1 aliphatic heterocycles. The van der Waals surface area contributed by atoms with E-state index in [9.17, 15) is 4.79 Å². The number of rotatable bonds is 2. The molecule has 3 rings (SSSR count). The number of nitrogens with one attached hydrogen (secondary N) is 2. The molecule has 0 radical (unpaired) electrons. The summed E-state index contributed by atoms with van der Waals surface area (Å²) in [6.45, 7) is 1.89. The minimum absolute atomic E-state index is 0.111. The van der Waals surface area contributed by atoms with Gasteiger partial charge in [0.1, 0.15) is 0 Å². The van der Waals surface area contributed by atoms with Crippen molar-refractivity contribution in [3.63, 3.8) is 0 Å². The average Bonchev–Trinajstić information content (AvgIpc) is 2.85. The zero-order valence-electron chi connectivity index (χ0n) is 10.2. The fourth-order valence-corrected chi connectivity index (χ4v) is 3.13. The molecule has 0 aliphatic carbocycles. The van der Waals surface area contributed by atoms with Gasteiger partial charge >= 0.3 is 0 Å². The van der Waals surface area contributed by atoms with Gasteiger partial charge in [0.2, 0.25) is 0 Å². The summed E-state index contributed by atoms with van der Waals surface area (Å²) in [4.78, 5) is 12.6. The second kappa shape index (κ2) is 5.33. The van der Waals surface area contributed by atoms with Crippen LogP contribution in [0, 0.1) is 0 Å². The third-order valence-electron chi connectivity index (χ3n) is 3.15. The second-order valence-corrected chi connectivity index (χ2v) is 6.18. The zero-order valence-corrected chi connectivity index (χ0v) is 11.8. The van der Waals surface area contributed by atoms with E-state index in [4.69, 9.17) is 11.6 Å². The molecule has 0 saturated carbocycles. The van der Waals surface area contributed by atoms with Gasteiger partial charge in [0, 0.05) is 12.2 Å². The van der Waals surface area contributed by atoms with E-state index >= 15 is 0 Å². The van der Waals surface area contributed by atoms with Crippen molar-refractivity contribution < 1.29 is 4.79 Å². The third kappa shape index (κ3) is 2.81. The molecule has 2 aromatic rings. The number of hydrogen-bond donors (Lipinski definition) is 2. The predicted octanol–water partition coefficient (Wildman–Crippen LogP) is 3.30. The van der Waals surface area contributed by atoms with Crippen LogP contribution in [0.5, 0.6) is 0 Å². The quantitative estimate of drug-likeness (QED) is 0.892. The van der Waals surface area contributed by atoms with Crippen molar-refractivity contribution in [2.24, 2.45) is 0 Å². The van der Waals surface area contributed by atoms with Crippen LogP contribution in [-0.2, 0) is 13.0 Å². The van der Waals surface area contributed by atoms with Crippen LogP contribution >= 0.6 is 22.9 Å². The Hall–Kier alpha value is -1.36. The largest absolute Gasteiger partial charge is 0.321 e. The van der Waals surface area contributed by atoms with Gasteiger partial charge < -0.3 is 10.6 Å². The molecule has 3 nitrogen and oxygen atoms in total. The van der Waals surface area contributed by atoms with E-state index in [1.165, 1.54) is 22.5 Å². The maximum Gasteiger partial charge on any atom is 0.265 e. The normalized spacial score (nSPS) is 13.9. The molecular weight excluding hydrogens is 280 g/mol. The first-order valence-electron chi connectivity index (χ1n) is 6.11. The lowest BCUT2D eigenvalue weighted by molar-refractivity contribution is 0.103. The topological polar surface area (TPSA) is 41.1 Å². The van der Waals surface area contributed by atoms with Crippen LogP contribution in [0.25, 0.3) is 0 Å². The minimum Gasteiger partial charge on any atom is -0.321 e. The predicted molar refractivity (Wildman–Crippen MR) is 79.1 cm³/mol. The van der Waals surface area contributed by atoms with E-state index in [1.807, 2.05) is 12.1 Å². The molecule has 5 heteroatoms. The van der Waals surface area contributed by atoms with E-state index in [0.717, 1.165) is 25.2 Å². The highest BCUT2D eigenvalue weighted by Gasteiger charge is 2.12. The fourth-order valence-electron chi connectivity index (χ4n) is 2.19. The molecule has 19 heavy (non-hydrogen) atoms. The molecule has 0 fully saturated rings. The number of carbonyl (C=O) groups is 1. The highest BCUT2D eigenvalue weighted by atomic mass is 35.5. The maximum absolute atomic E-state index is 12.0. The minimum atomic E-state index is -0.111. The van der Waals surface area contributed by atoms with Gasteiger partial charge in [0.15, 0.2) is 0 Å². The summed E-state index contributed by atoms with van der Waals surface area (Å²) in [7, 11) is 0. The van der Waals surface area contributed by atoms with Crippen LogP contribution in [0.2, 0.25) is 4.34 Å². The number of benzene rings is 1. The molecule has 98 valence electrons. The Balaban J connectivity index is 1.78. The number of fused-ring (bicyclic) bond motifs is 1. The first-order chi connectivity index (χ1) is 9.22. The summed E-state index contributed by atoms with van der Waals surface area (Å²) in [5, 5.41) is 6.24. The number of thiophene rings is 1. The van der Waals surface area contributed by atoms with Gasteiger partial charge in [-0.05, 0) is 48.4 Å². The highest BCUT2D eigenvalue weighted by Crippen LogP contribution is 2.23. The van der Waals surface area contributed by atoms with E-state index in [0.29, 0.717) is 9.21 Å². The number of anilines is 1. The number of amides is 1. The lowest BCUT2D eigenvalue weighted by Crippen LogP contribution is -2.23. The average molecular weight is 293 g/mol. The Morgan fingerprint density at radius 3 is 2.95 bits per heavy atom. The van der Waals surface area contributed by atoms with Crippen molar-refractivity contribution in [3.05, 3.63) is 50.7 Å². The van der Waals surface area contributed by atoms with E-state index in [-0.39, 0.29) is 5.91 Å². The van der Waals surface area contributed by atoms with Crippen molar-refractivity contribution in [1.29, 1.82) is 0 Å². The summed E-state index contributed by atoms with van der Waals surface area (Å²) in [5.41, 5.74) is 3.45. The van der Waals surface area contributed by atoms with Gasteiger partial charge in [-0.2, -0.15) is 0 Å². The van der Waals surface area contributed by atoms with Gasteiger partial charge in [-0.15, -0.1) is 11.3 Å². The molecule has 0 unspecified atom stereocenters. The van der Waals surface area contributed by atoms with Crippen LogP contribution in [0.3, 0.4) is 0 Å². The third-order valence-corrected chi connectivity index (χ3v) is 4.38. The molecule has 0 atom stereocenters.